The van der Waals surface area contributed by atoms with Gasteiger partial charge < -0.3 is 18.6 Å². The van der Waals surface area contributed by atoms with E-state index in [-0.39, 0.29) is 69.7 Å². The van der Waals surface area contributed by atoms with Crippen molar-refractivity contribution in [1.82, 2.24) is 30.0 Å². The molecule has 0 atom stereocenters. The van der Waals surface area contributed by atoms with Gasteiger partial charge >= 0.3 is 14.2 Å². The van der Waals surface area contributed by atoms with Crippen molar-refractivity contribution in [2.75, 3.05) is 0 Å². The predicted octanol–water partition coefficient (Wildman–Crippen LogP) is 33.6. The minimum absolute atomic E-state index is 0.0276. The molecular weight excluding hydrogens is 1830 g/mol. The van der Waals surface area contributed by atoms with Gasteiger partial charge in [0.25, 0.3) is 0 Å². The van der Waals surface area contributed by atoms with Gasteiger partial charge in [-0.25, -0.2) is 17.6 Å². The highest BCUT2D eigenvalue weighted by Gasteiger charge is 2.55. The minimum Gasteiger partial charge on any atom is -0.399 e. The summed E-state index contributed by atoms with van der Waals surface area (Å²) < 4.78 is 91.6. The number of hydrogen-bond acceptors (Lipinski definition) is 12. The van der Waals surface area contributed by atoms with Crippen molar-refractivity contribution in [1.29, 1.82) is 0 Å². The fourth-order valence-corrected chi connectivity index (χ4v) is 24.6. The van der Waals surface area contributed by atoms with Crippen LogP contribution in [0.1, 0.15) is 335 Å². The SMILES string of the molecule is CCCCCCC1(CCCCCC)c2cc(B3OC(C)(C)C(C)(C)O3)ccc2-c2ccc(B3OC(C)(C)C(C)(C)O3)cc21.CCCCCCCCn1nc2c(-c3ccc(Br)s3)c(F)c(F)c(-c3ccc(Br)s3)c2n1.CCCCCCCCn1nc2c(-c3ccc(C)s3)c(F)c(F)c(-c3ccc(-c4ccc5c(c4)C(CCCCCC)(CCCCCC)c4cc(C)ccc4-5)s3)c2n1. The summed E-state index contributed by atoms with van der Waals surface area (Å²) >= 11 is 12.5. The molecule has 10 nitrogen and oxygen atoms in total. The lowest BCUT2D eigenvalue weighted by molar-refractivity contribution is 0.00578. The van der Waals surface area contributed by atoms with E-state index in [4.69, 9.17) is 28.8 Å². The number of fused-ring (bicyclic) bond motifs is 8. The van der Waals surface area contributed by atoms with Crippen LogP contribution in [0.25, 0.3) is 96.5 Å². The summed E-state index contributed by atoms with van der Waals surface area (Å²) in [5.74, 6) is -3.46. The summed E-state index contributed by atoms with van der Waals surface area (Å²) in [4.78, 5) is 7.96. The van der Waals surface area contributed by atoms with E-state index < -0.39 is 23.3 Å². The van der Waals surface area contributed by atoms with Gasteiger partial charge in [-0.1, -0.05) is 281 Å². The summed E-state index contributed by atoms with van der Waals surface area (Å²) in [5, 5.41) is 19.0. The van der Waals surface area contributed by atoms with E-state index in [0.29, 0.717) is 54.7 Å². The number of unbranched alkanes of at least 4 members (excludes halogenated alkanes) is 22. The normalized spacial score (nSPS) is 15.8. The molecule has 6 aromatic heterocycles. The molecule has 0 unspecified atom stereocenters. The first-order valence-corrected chi connectivity index (χ1v) is 53.8. The van der Waals surface area contributed by atoms with Crippen molar-refractivity contribution in [2.45, 2.75) is 363 Å². The molecular formula is C108H136B2Br2F4N6O4S4. The Morgan fingerprint density at radius 1 is 0.315 bits per heavy atom. The first kappa shape index (κ1) is 99.5. The largest absolute Gasteiger partial charge is 0.494 e. The first-order valence-electron chi connectivity index (χ1n) is 48.9. The fourth-order valence-electron chi connectivity index (χ4n) is 19.8. The molecule has 694 valence electrons. The number of nitrogens with zero attached hydrogens (tertiary/aromatic N) is 6. The van der Waals surface area contributed by atoms with Gasteiger partial charge in [0.2, 0.25) is 0 Å². The summed E-state index contributed by atoms with van der Waals surface area (Å²) in [5.41, 5.74) is 16.9. The Labute approximate surface area is 806 Å². The van der Waals surface area contributed by atoms with Gasteiger partial charge in [-0.3, -0.25) is 0 Å². The van der Waals surface area contributed by atoms with Crippen LogP contribution in [0.3, 0.4) is 0 Å². The van der Waals surface area contributed by atoms with Crippen molar-refractivity contribution < 1.29 is 36.2 Å². The minimum atomic E-state index is -0.881. The van der Waals surface area contributed by atoms with E-state index in [2.05, 4.69) is 225 Å². The number of rotatable bonds is 41. The smallest absolute Gasteiger partial charge is 0.399 e. The van der Waals surface area contributed by atoms with Crippen LogP contribution < -0.4 is 10.9 Å². The van der Waals surface area contributed by atoms with Crippen LogP contribution >= 0.6 is 77.2 Å². The third kappa shape index (κ3) is 21.4. The topological polar surface area (TPSA) is 98.3 Å². The van der Waals surface area contributed by atoms with Crippen molar-refractivity contribution in [3.8, 4) is 74.5 Å². The van der Waals surface area contributed by atoms with E-state index in [1.807, 2.05) is 37.3 Å². The molecule has 2 aliphatic heterocycles. The quantitative estimate of drug-likeness (QED) is 0.0212. The van der Waals surface area contributed by atoms with Crippen LogP contribution in [-0.4, -0.2) is 66.6 Å². The molecule has 2 saturated heterocycles. The average molecular weight is 1970 g/mol. The Bertz CT molecular complexity index is 5640. The lowest BCUT2D eigenvalue weighted by Gasteiger charge is -2.33. The van der Waals surface area contributed by atoms with Crippen molar-refractivity contribution in [3.05, 3.63) is 185 Å². The zero-order valence-corrected chi connectivity index (χ0v) is 86.4. The van der Waals surface area contributed by atoms with E-state index >= 15 is 17.6 Å². The molecule has 0 amide bonds. The van der Waals surface area contributed by atoms with Gasteiger partial charge in [-0.05, 0) is 255 Å². The van der Waals surface area contributed by atoms with E-state index in [9.17, 15) is 0 Å². The van der Waals surface area contributed by atoms with Crippen LogP contribution in [0, 0.1) is 37.1 Å². The standard InChI is InChI=1S/C49H59F2N3S2.C37H56B2O4.C22H21Br2F2N3S2/c1-6-9-12-15-16-19-30-54-52-47-43(41-25-21-34(5)55-41)45(50)46(51)44(48(47)53-54)42-27-26-40(56-42)35-22-24-37-36-23-20-33(4)31-38(36)49(39(37)32-35,28-17-13-10-7-2)29-18-14-11-8-3;1-11-13-15-17-23-37(24-18-16-14-12-2)31-25-27(38-40-33(3,4)34(5,6)41-38)19-21-29(31)30-22-20-28(26-32(30)37)39-42-35(7,8)36(9,10)43-39;1-2-3-4-5-6-7-12-29-27-21-17(13-8-10-15(23)30-13)19(25)20(26)18(22(21)28-29)14-9-11-16(24)31-14/h20-27,31-32H,6-19,28-30H2,1-5H3;19-22,25-26H,11-18,23-24H2,1-10H3;8-11H,2-7,12H2,1H3. The molecule has 6 aromatic carbocycles. The zero-order valence-electron chi connectivity index (χ0n) is 80.0. The molecule has 2 aliphatic carbocycles. The molecule has 0 spiro atoms. The first-order chi connectivity index (χ1) is 62.5. The molecule has 4 aliphatic rings. The zero-order chi connectivity index (χ0) is 92.5. The average Bonchev–Trinajstić information content (AvgIpc) is 1.55. The van der Waals surface area contributed by atoms with Crippen LogP contribution in [0.4, 0.5) is 17.6 Å². The van der Waals surface area contributed by atoms with Gasteiger partial charge in [0.05, 0.1) is 65.3 Å². The summed E-state index contributed by atoms with van der Waals surface area (Å²) in [6, 6.07) is 43.1. The predicted molar refractivity (Wildman–Crippen MR) is 551 cm³/mol. The maximum Gasteiger partial charge on any atom is 0.494 e. The number of aromatic nitrogens is 6. The van der Waals surface area contributed by atoms with Crippen LogP contribution in [-0.2, 0) is 42.5 Å². The Morgan fingerprint density at radius 3 is 0.954 bits per heavy atom. The van der Waals surface area contributed by atoms with E-state index in [1.54, 1.807) is 21.7 Å². The molecule has 22 heteroatoms. The maximum absolute atomic E-state index is 16.6. The second-order valence-electron chi connectivity index (χ2n) is 39.1. The van der Waals surface area contributed by atoms with E-state index in [1.165, 1.54) is 250 Å². The number of aryl methyl sites for hydroxylation is 4. The van der Waals surface area contributed by atoms with Gasteiger partial charge in [0, 0.05) is 40.1 Å². The molecule has 0 bridgehead atoms. The third-order valence-corrected chi connectivity index (χ3v) is 34.0. The van der Waals surface area contributed by atoms with Crippen molar-refractivity contribution in [2.24, 2.45) is 0 Å². The summed E-state index contributed by atoms with van der Waals surface area (Å²) in [6.45, 7) is 36.2. The van der Waals surface area contributed by atoms with Crippen LogP contribution in [0.2, 0.25) is 0 Å². The number of thiophene rings is 4. The van der Waals surface area contributed by atoms with Crippen LogP contribution in [0.15, 0.2) is 129 Å². The highest BCUT2D eigenvalue weighted by Crippen LogP contribution is 2.58. The monoisotopic (exact) mass is 1960 g/mol. The fraction of sp³-hybridized carbons (Fsp3) is 0.519. The van der Waals surface area contributed by atoms with Crippen molar-refractivity contribution >= 4 is 124 Å². The van der Waals surface area contributed by atoms with Crippen LogP contribution in [0.5, 0.6) is 0 Å². The molecule has 12 aromatic rings. The Kier molecular flexibility index (Phi) is 33.5. The highest BCUT2D eigenvalue weighted by molar-refractivity contribution is 9.11. The maximum atomic E-state index is 16.6. The van der Waals surface area contributed by atoms with Gasteiger partial charge in [0.15, 0.2) is 23.3 Å². The molecule has 2 fully saturated rings. The third-order valence-electron chi connectivity index (χ3n) is 28.5. The van der Waals surface area contributed by atoms with Crippen molar-refractivity contribution in [3.63, 3.8) is 0 Å². The highest BCUT2D eigenvalue weighted by atomic mass is 79.9. The Hall–Kier alpha value is -6.43. The number of hydrogen-bond donors (Lipinski definition) is 0. The summed E-state index contributed by atoms with van der Waals surface area (Å²) in [6.07, 6.45) is 38.3. The van der Waals surface area contributed by atoms with Gasteiger partial charge in [-0.15, -0.1) is 45.3 Å². The second-order valence-corrected chi connectivity index (χ2v) is 46.4. The second kappa shape index (κ2) is 43.7. The molecule has 8 heterocycles. The molecule has 130 heavy (non-hydrogen) atoms. The lowest BCUT2D eigenvalue weighted by atomic mass is 9.67. The molecule has 0 saturated carbocycles. The Balaban J connectivity index is 0.000000164. The molecule has 16 rings (SSSR count). The van der Waals surface area contributed by atoms with Gasteiger partial charge in [-0.2, -0.15) is 30.0 Å². The van der Waals surface area contributed by atoms with Gasteiger partial charge in [0.1, 0.15) is 22.1 Å². The number of halogens is 6. The molecule has 0 radical (unpaired) electrons. The molecule has 0 N–H and O–H groups in total. The van der Waals surface area contributed by atoms with E-state index in [0.717, 1.165) is 85.2 Å². The Morgan fingerprint density at radius 2 is 0.608 bits per heavy atom. The summed E-state index contributed by atoms with van der Waals surface area (Å²) in [7, 11) is -0.727. The lowest BCUT2D eigenvalue weighted by Crippen LogP contribution is -2.41. The number of benzene rings is 6.